The molecule has 1 N–H and O–H groups in total. The summed E-state index contributed by atoms with van der Waals surface area (Å²) in [5.41, 5.74) is 3.11. The molecule has 0 unspecified atom stereocenters. The van der Waals surface area contributed by atoms with Gasteiger partial charge in [-0.3, -0.25) is 15.4 Å². The lowest BCUT2D eigenvalue weighted by Crippen LogP contribution is -2.35. The van der Waals surface area contributed by atoms with E-state index in [1.165, 1.54) is 0 Å². The van der Waals surface area contributed by atoms with Crippen molar-refractivity contribution in [3.63, 3.8) is 0 Å². The number of benzene rings is 4. The van der Waals surface area contributed by atoms with Crippen LogP contribution in [0, 0.1) is 10.1 Å². The highest BCUT2D eigenvalue weighted by Crippen LogP contribution is 2.42. The summed E-state index contributed by atoms with van der Waals surface area (Å²) >= 11 is 0. The van der Waals surface area contributed by atoms with Crippen LogP contribution in [0.2, 0.25) is 0 Å². The Balaban J connectivity index is 1.67. The van der Waals surface area contributed by atoms with Gasteiger partial charge in [0, 0.05) is 23.3 Å². The largest absolute Gasteiger partial charge is 0.471 e. The van der Waals surface area contributed by atoms with Crippen LogP contribution in [0.25, 0.3) is 10.8 Å². The van der Waals surface area contributed by atoms with Gasteiger partial charge >= 0.3 is 0 Å². The number of hydrogen-bond donors (Lipinski definition) is 1. The molecular formula is C24H18N2O3. The van der Waals surface area contributed by atoms with Crippen LogP contribution in [0.3, 0.4) is 0 Å². The first-order valence-electron chi connectivity index (χ1n) is 9.44. The maximum absolute atomic E-state index is 11.1. The molecule has 0 amide bonds. The molecule has 142 valence electrons. The SMILES string of the molecule is O=[N+]([O-])c1ccc([C@@H]2N[C@@H](c3ccccc3)Oc3ccc4ccccc4c32)cc1. The van der Waals surface area contributed by atoms with Gasteiger partial charge in [-0.2, -0.15) is 0 Å². The zero-order valence-electron chi connectivity index (χ0n) is 15.5. The van der Waals surface area contributed by atoms with Crippen molar-refractivity contribution in [1.29, 1.82) is 0 Å². The lowest BCUT2D eigenvalue weighted by atomic mass is 9.91. The summed E-state index contributed by atoms with van der Waals surface area (Å²) in [6.07, 6.45) is -0.315. The Kier molecular flexibility index (Phi) is 4.22. The minimum Gasteiger partial charge on any atom is -0.471 e. The zero-order chi connectivity index (χ0) is 19.8. The molecule has 0 spiro atoms. The van der Waals surface area contributed by atoms with E-state index in [2.05, 4.69) is 23.5 Å². The van der Waals surface area contributed by atoms with Gasteiger partial charge in [-0.05, 0) is 22.4 Å². The van der Waals surface area contributed by atoms with E-state index in [0.29, 0.717) is 0 Å². The molecule has 0 saturated heterocycles. The molecule has 0 bridgehead atoms. The second-order valence-corrected chi connectivity index (χ2v) is 7.06. The van der Waals surface area contributed by atoms with E-state index in [4.69, 9.17) is 4.74 Å². The van der Waals surface area contributed by atoms with Gasteiger partial charge < -0.3 is 4.74 Å². The molecule has 4 aromatic carbocycles. The van der Waals surface area contributed by atoms with Crippen LogP contribution in [-0.2, 0) is 0 Å². The van der Waals surface area contributed by atoms with Crippen LogP contribution in [0.5, 0.6) is 5.75 Å². The smallest absolute Gasteiger partial charge is 0.269 e. The van der Waals surface area contributed by atoms with Crippen molar-refractivity contribution in [2.24, 2.45) is 0 Å². The highest BCUT2D eigenvalue weighted by atomic mass is 16.6. The Hall–Kier alpha value is -3.70. The summed E-state index contributed by atoms with van der Waals surface area (Å²) in [4.78, 5) is 10.7. The zero-order valence-corrected chi connectivity index (χ0v) is 15.5. The number of fused-ring (bicyclic) bond motifs is 3. The number of nitrogens with zero attached hydrogens (tertiary/aromatic N) is 1. The second kappa shape index (κ2) is 7.04. The number of non-ortho nitro benzene ring substituents is 1. The van der Waals surface area contributed by atoms with Crippen LogP contribution in [0.4, 0.5) is 5.69 Å². The fourth-order valence-corrected chi connectivity index (χ4v) is 3.92. The molecule has 0 aromatic heterocycles. The summed E-state index contributed by atoms with van der Waals surface area (Å²) in [6.45, 7) is 0. The maximum atomic E-state index is 11.1. The first-order chi connectivity index (χ1) is 14.2. The van der Waals surface area contributed by atoms with Crippen LogP contribution >= 0.6 is 0 Å². The van der Waals surface area contributed by atoms with E-state index in [1.807, 2.05) is 60.7 Å². The number of ether oxygens (including phenoxy) is 1. The fraction of sp³-hybridized carbons (Fsp3) is 0.0833. The highest BCUT2D eigenvalue weighted by Gasteiger charge is 2.31. The lowest BCUT2D eigenvalue weighted by Gasteiger charge is -2.35. The third-order valence-electron chi connectivity index (χ3n) is 5.32. The third kappa shape index (κ3) is 3.11. The van der Waals surface area contributed by atoms with Gasteiger partial charge in [-0.1, -0.05) is 72.8 Å². The molecule has 1 aliphatic heterocycles. The van der Waals surface area contributed by atoms with Gasteiger partial charge in [-0.25, -0.2) is 0 Å². The van der Waals surface area contributed by atoms with E-state index < -0.39 is 0 Å². The summed E-state index contributed by atoms with van der Waals surface area (Å²) in [7, 11) is 0. The number of nitro benzene ring substituents is 1. The molecule has 0 radical (unpaired) electrons. The Bertz CT molecular complexity index is 1190. The van der Waals surface area contributed by atoms with Crippen LogP contribution in [0.15, 0.2) is 91.0 Å². The number of hydrogen-bond acceptors (Lipinski definition) is 4. The highest BCUT2D eigenvalue weighted by molar-refractivity contribution is 5.89. The van der Waals surface area contributed by atoms with E-state index in [1.54, 1.807) is 12.1 Å². The summed E-state index contributed by atoms with van der Waals surface area (Å²) in [6, 6.07) is 28.8. The van der Waals surface area contributed by atoms with Crippen LogP contribution in [-0.4, -0.2) is 4.92 Å². The quantitative estimate of drug-likeness (QED) is 0.374. The van der Waals surface area contributed by atoms with Crippen molar-refractivity contribution in [3.8, 4) is 5.75 Å². The van der Waals surface area contributed by atoms with E-state index >= 15 is 0 Å². The Labute approximate surface area is 167 Å². The minimum absolute atomic E-state index is 0.0820. The lowest BCUT2D eigenvalue weighted by molar-refractivity contribution is -0.384. The van der Waals surface area contributed by atoms with Crippen molar-refractivity contribution >= 4 is 16.5 Å². The van der Waals surface area contributed by atoms with Crippen LogP contribution in [0.1, 0.15) is 29.0 Å². The first-order valence-corrected chi connectivity index (χ1v) is 9.44. The number of nitrogens with one attached hydrogen (secondary N) is 1. The van der Waals surface area contributed by atoms with Crippen molar-refractivity contribution in [3.05, 3.63) is 118 Å². The summed E-state index contributed by atoms with van der Waals surface area (Å²) in [5, 5.41) is 16.9. The van der Waals surface area contributed by atoms with Crippen molar-refractivity contribution in [2.45, 2.75) is 12.3 Å². The van der Waals surface area contributed by atoms with Gasteiger partial charge in [0.15, 0.2) is 6.23 Å². The molecule has 5 nitrogen and oxygen atoms in total. The molecule has 4 aromatic rings. The van der Waals surface area contributed by atoms with E-state index in [-0.39, 0.29) is 22.9 Å². The average molecular weight is 382 g/mol. The molecule has 0 saturated carbocycles. The Morgan fingerprint density at radius 2 is 1.52 bits per heavy atom. The predicted octanol–water partition coefficient (Wildman–Crippen LogP) is 5.52. The van der Waals surface area contributed by atoms with Crippen LogP contribution < -0.4 is 10.1 Å². The van der Waals surface area contributed by atoms with Gasteiger partial charge in [-0.15, -0.1) is 0 Å². The topological polar surface area (TPSA) is 64.4 Å². The number of rotatable bonds is 3. The minimum atomic E-state index is -0.378. The van der Waals surface area contributed by atoms with Gasteiger partial charge in [0.2, 0.25) is 0 Å². The summed E-state index contributed by atoms with van der Waals surface area (Å²) in [5.74, 6) is 0.819. The molecule has 29 heavy (non-hydrogen) atoms. The standard InChI is InChI=1S/C24H18N2O3/c27-26(28)19-13-10-17(11-14-19)23-22-20-9-5-4-6-16(20)12-15-21(22)29-24(25-23)18-7-2-1-3-8-18/h1-15,23-25H/t23-,24+/m0/s1. The number of nitro groups is 1. The maximum Gasteiger partial charge on any atom is 0.269 e. The molecule has 1 aliphatic rings. The first kappa shape index (κ1) is 17.4. The third-order valence-corrected chi connectivity index (χ3v) is 5.32. The molecule has 2 atom stereocenters. The molecule has 1 heterocycles. The normalized spacial score (nSPS) is 18.1. The molecule has 0 fully saturated rings. The Morgan fingerprint density at radius 1 is 0.793 bits per heavy atom. The molecular weight excluding hydrogens is 364 g/mol. The average Bonchev–Trinajstić information content (AvgIpc) is 2.79. The van der Waals surface area contributed by atoms with Crippen molar-refractivity contribution in [1.82, 2.24) is 5.32 Å². The van der Waals surface area contributed by atoms with Gasteiger partial charge in [0.05, 0.1) is 11.0 Å². The predicted molar refractivity (Wildman–Crippen MR) is 112 cm³/mol. The molecule has 5 heteroatoms. The summed E-state index contributed by atoms with van der Waals surface area (Å²) < 4.78 is 6.32. The Morgan fingerprint density at radius 3 is 2.28 bits per heavy atom. The van der Waals surface area contributed by atoms with Crippen molar-refractivity contribution < 1.29 is 9.66 Å². The monoisotopic (exact) mass is 382 g/mol. The molecule has 0 aliphatic carbocycles. The molecule has 5 rings (SSSR count). The van der Waals surface area contributed by atoms with Gasteiger partial charge in [0.1, 0.15) is 5.75 Å². The van der Waals surface area contributed by atoms with Crippen molar-refractivity contribution in [2.75, 3.05) is 0 Å². The van der Waals surface area contributed by atoms with Gasteiger partial charge in [0.25, 0.3) is 5.69 Å². The van der Waals surface area contributed by atoms with E-state index in [0.717, 1.165) is 33.2 Å². The van der Waals surface area contributed by atoms with E-state index in [9.17, 15) is 10.1 Å². The second-order valence-electron chi connectivity index (χ2n) is 7.06. The fourth-order valence-electron chi connectivity index (χ4n) is 3.92.